The lowest BCUT2D eigenvalue weighted by molar-refractivity contribution is -0.117. The van der Waals surface area contributed by atoms with Crippen LogP contribution in [0, 0.1) is 0 Å². The standard InChI is InChI=1S/C50H84O2/c1-5-9-13-17-21-25-27-31-35-39-43-47-45(41-37-33-29-23-19-15-11-7-3)50(52)48(44-40-36-32-28-26-22-18-14-10-6-2)46(49(47)51)42-38-34-30-24-20-16-12-8-4/h5-8H,1-4,9-44H2. The number of carbonyl (C=O) groups excluding carboxylic acids is 2. The molecule has 0 aromatic rings. The molecule has 0 saturated heterocycles. The van der Waals surface area contributed by atoms with E-state index in [1.165, 1.54) is 128 Å². The molecule has 1 rings (SSSR count). The second-order valence-electron chi connectivity index (χ2n) is 15.8. The first-order valence-electron chi connectivity index (χ1n) is 22.6. The van der Waals surface area contributed by atoms with Gasteiger partial charge in [0, 0.05) is 22.3 Å². The zero-order chi connectivity index (χ0) is 37.7. The van der Waals surface area contributed by atoms with E-state index < -0.39 is 0 Å². The lowest BCUT2D eigenvalue weighted by Gasteiger charge is -2.25. The van der Waals surface area contributed by atoms with Crippen LogP contribution in [-0.4, -0.2) is 11.6 Å². The van der Waals surface area contributed by atoms with Crippen molar-refractivity contribution in [1.82, 2.24) is 0 Å². The van der Waals surface area contributed by atoms with Crippen LogP contribution in [0.4, 0.5) is 0 Å². The molecule has 0 aliphatic heterocycles. The van der Waals surface area contributed by atoms with Gasteiger partial charge in [-0.25, -0.2) is 0 Å². The van der Waals surface area contributed by atoms with Gasteiger partial charge in [-0.05, 0) is 103 Å². The van der Waals surface area contributed by atoms with Crippen LogP contribution in [0.2, 0.25) is 0 Å². The molecule has 52 heavy (non-hydrogen) atoms. The SMILES string of the molecule is C=CCCCCCCCCCCC1=C(CCCCCCCCC=C)C(=O)C(CCCCCCCCCCC=C)=C(CCCCCCCCC=C)C1=O. The van der Waals surface area contributed by atoms with E-state index in [4.69, 9.17) is 0 Å². The fourth-order valence-corrected chi connectivity index (χ4v) is 7.87. The molecule has 0 N–H and O–H groups in total. The van der Waals surface area contributed by atoms with Crippen molar-refractivity contribution in [3.05, 3.63) is 72.9 Å². The van der Waals surface area contributed by atoms with Gasteiger partial charge >= 0.3 is 0 Å². The molecular weight excluding hydrogens is 633 g/mol. The molecule has 0 bridgehead atoms. The van der Waals surface area contributed by atoms with Crippen LogP contribution in [-0.2, 0) is 9.59 Å². The summed E-state index contributed by atoms with van der Waals surface area (Å²) in [6.07, 6.45) is 49.6. The average Bonchev–Trinajstić information content (AvgIpc) is 3.15. The van der Waals surface area contributed by atoms with E-state index in [1.807, 2.05) is 24.3 Å². The van der Waals surface area contributed by atoms with Gasteiger partial charge in [-0.2, -0.15) is 0 Å². The van der Waals surface area contributed by atoms with Crippen molar-refractivity contribution in [3.63, 3.8) is 0 Å². The smallest absolute Gasteiger partial charge is 0.185 e. The minimum Gasteiger partial charge on any atom is -0.289 e. The highest BCUT2D eigenvalue weighted by molar-refractivity contribution is 6.25. The van der Waals surface area contributed by atoms with Gasteiger partial charge < -0.3 is 0 Å². The van der Waals surface area contributed by atoms with Crippen molar-refractivity contribution < 1.29 is 9.59 Å². The van der Waals surface area contributed by atoms with E-state index in [0.29, 0.717) is 0 Å². The molecule has 0 radical (unpaired) electrons. The Morgan fingerprint density at radius 3 is 0.577 bits per heavy atom. The molecule has 296 valence electrons. The van der Waals surface area contributed by atoms with Crippen LogP contribution in [0.1, 0.15) is 231 Å². The predicted molar refractivity (Wildman–Crippen MR) is 231 cm³/mol. The van der Waals surface area contributed by atoms with Gasteiger partial charge in [0.2, 0.25) is 0 Å². The molecule has 0 aromatic heterocycles. The number of hydrogen-bond acceptors (Lipinski definition) is 2. The van der Waals surface area contributed by atoms with Gasteiger partial charge in [0.15, 0.2) is 11.6 Å². The maximum absolute atomic E-state index is 14.4. The second-order valence-corrected chi connectivity index (χ2v) is 15.8. The number of hydrogen-bond donors (Lipinski definition) is 0. The van der Waals surface area contributed by atoms with E-state index in [1.54, 1.807) is 0 Å². The van der Waals surface area contributed by atoms with E-state index in [0.717, 1.165) is 125 Å². The Balaban J connectivity index is 2.92. The van der Waals surface area contributed by atoms with Gasteiger partial charge in [-0.3, -0.25) is 9.59 Å². The van der Waals surface area contributed by atoms with Crippen LogP contribution in [0.3, 0.4) is 0 Å². The largest absolute Gasteiger partial charge is 0.289 e. The fourth-order valence-electron chi connectivity index (χ4n) is 7.87. The Kier molecular flexibility index (Phi) is 32.9. The van der Waals surface area contributed by atoms with Gasteiger partial charge in [-0.15, -0.1) is 26.3 Å². The van der Waals surface area contributed by atoms with Crippen LogP contribution >= 0.6 is 0 Å². The molecule has 2 nitrogen and oxygen atoms in total. The lowest BCUT2D eigenvalue weighted by atomic mass is 9.77. The number of rotatable bonds is 40. The summed E-state index contributed by atoms with van der Waals surface area (Å²) < 4.78 is 0. The minimum atomic E-state index is 0.252. The highest BCUT2D eigenvalue weighted by Crippen LogP contribution is 2.36. The first-order valence-corrected chi connectivity index (χ1v) is 22.6. The number of ketones is 2. The third-order valence-electron chi connectivity index (χ3n) is 11.2. The quantitative estimate of drug-likeness (QED) is 0.0359. The van der Waals surface area contributed by atoms with Crippen LogP contribution < -0.4 is 0 Å². The van der Waals surface area contributed by atoms with Crippen LogP contribution in [0.25, 0.3) is 0 Å². The summed E-state index contributed by atoms with van der Waals surface area (Å²) in [6.45, 7) is 15.4. The van der Waals surface area contributed by atoms with Gasteiger partial charge in [-0.1, -0.05) is 153 Å². The Hall–Kier alpha value is -2.22. The first kappa shape index (κ1) is 47.8. The Morgan fingerprint density at radius 2 is 0.404 bits per heavy atom. The third-order valence-corrected chi connectivity index (χ3v) is 11.2. The topological polar surface area (TPSA) is 34.1 Å². The minimum absolute atomic E-state index is 0.252. The Morgan fingerprint density at radius 1 is 0.250 bits per heavy atom. The van der Waals surface area contributed by atoms with Crippen molar-refractivity contribution in [3.8, 4) is 0 Å². The summed E-state index contributed by atoms with van der Waals surface area (Å²) >= 11 is 0. The zero-order valence-electron chi connectivity index (χ0n) is 34.4. The molecule has 0 spiro atoms. The molecule has 0 amide bonds. The number of Topliss-reactive ketones (excluding diaryl/α,β-unsaturated/α-hetero) is 2. The van der Waals surface area contributed by atoms with Crippen molar-refractivity contribution in [2.75, 3.05) is 0 Å². The summed E-state index contributed by atoms with van der Waals surface area (Å²) in [4.78, 5) is 28.9. The highest BCUT2D eigenvalue weighted by Gasteiger charge is 2.32. The third kappa shape index (κ3) is 24.2. The zero-order valence-corrected chi connectivity index (χ0v) is 34.4. The molecule has 0 saturated carbocycles. The maximum Gasteiger partial charge on any atom is 0.185 e. The van der Waals surface area contributed by atoms with Crippen molar-refractivity contribution in [1.29, 1.82) is 0 Å². The summed E-state index contributed by atoms with van der Waals surface area (Å²) in [7, 11) is 0. The first-order chi connectivity index (χ1) is 25.6. The van der Waals surface area contributed by atoms with Crippen molar-refractivity contribution in [2.24, 2.45) is 0 Å². The molecule has 1 aliphatic carbocycles. The molecule has 0 unspecified atom stereocenters. The van der Waals surface area contributed by atoms with Gasteiger partial charge in [0.25, 0.3) is 0 Å². The number of allylic oxidation sites excluding steroid dienone is 8. The fraction of sp³-hybridized carbons (Fsp3) is 0.720. The van der Waals surface area contributed by atoms with Gasteiger partial charge in [0.05, 0.1) is 0 Å². The summed E-state index contributed by atoms with van der Waals surface area (Å²) in [5.41, 5.74) is 3.61. The van der Waals surface area contributed by atoms with E-state index in [9.17, 15) is 9.59 Å². The molecule has 2 heteroatoms. The number of carbonyl (C=O) groups is 2. The average molecular weight is 717 g/mol. The van der Waals surface area contributed by atoms with E-state index in [-0.39, 0.29) is 11.6 Å². The molecular formula is C50H84O2. The molecule has 0 aromatic carbocycles. The van der Waals surface area contributed by atoms with Crippen LogP contribution in [0.15, 0.2) is 72.9 Å². The highest BCUT2D eigenvalue weighted by atomic mass is 16.1. The summed E-state index contributed by atoms with van der Waals surface area (Å²) in [5, 5.41) is 0. The van der Waals surface area contributed by atoms with Crippen molar-refractivity contribution >= 4 is 11.6 Å². The number of unbranched alkanes of at least 4 members (excludes halogenated alkanes) is 28. The monoisotopic (exact) mass is 717 g/mol. The lowest BCUT2D eigenvalue weighted by Crippen LogP contribution is -2.25. The van der Waals surface area contributed by atoms with E-state index >= 15 is 0 Å². The normalized spacial score (nSPS) is 13.3. The summed E-state index contributed by atoms with van der Waals surface area (Å²) in [5.74, 6) is 0.503. The van der Waals surface area contributed by atoms with Gasteiger partial charge in [0.1, 0.15) is 0 Å². The Labute approximate surface area is 324 Å². The molecule has 1 aliphatic rings. The molecule has 0 heterocycles. The van der Waals surface area contributed by atoms with Crippen molar-refractivity contribution in [2.45, 2.75) is 231 Å². The second kappa shape index (κ2) is 35.8. The Bertz CT molecular complexity index is 941. The molecule has 0 fully saturated rings. The van der Waals surface area contributed by atoms with E-state index in [2.05, 4.69) is 26.3 Å². The molecule has 0 atom stereocenters. The summed E-state index contributed by atoms with van der Waals surface area (Å²) in [6, 6.07) is 0. The van der Waals surface area contributed by atoms with Crippen LogP contribution in [0.5, 0.6) is 0 Å². The maximum atomic E-state index is 14.4. The predicted octanol–water partition coefficient (Wildman–Crippen LogP) is 16.5.